The van der Waals surface area contributed by atoms with Crippen LogP contribution in [0.5, 0.6) is 0 Å². The van der Waals surface area contributed by atoms with Crippen molar-refractivity contribution in [2.75, 3.05) is 32.7 Å². The first-order valence-corrected chi connectivity index (χ1v) is 9.87. The number of hydrogen-bond acceptors (Lipinski definition) is 3. The number of carboxylic acids is 1. The van der Waals surface area contributed by atoms with Crippen LogP contribution in [0.3, 0.4) is 0 Å². The summed E-state index contributed by atoms with van der Waals surface area (Å²) in [6, 6.07) is 10.5. The summed E-state index contributed by atoms with van der Waals surface area (Å²) >= 11 is 0. The minimum atomic E-state index is -0.631. The first-order chi connectivity index (χ1) is 12.6. The van der Waals surface area contributed by atoms with Gasteiger partial charge in [0.1, 0.15) is 0 Å². The second-order valence-corrected chi connectivity index (χ2v) is 8.26. The van der Waals surface area contributed by atoms with Crippen LogP contribution in [-0.2, 0) is 9.59 Å². The van der Waals surface area contributed by atoms with Gasteiger partial charge in [-0.2, -0.15) is 0 Å². The number of benzene rings is 1. The van der Waals surface area contributed by atoms with E-state index in [0.29, 0.717) is 18.9 Å². The van der Waals surface area contributed by atoms with Gasteiger partial charge in [0.2, 0.25) is 5.91 Å². The number of rotatable bonds is 5. The Labute approximate surface area is 155 Å². The van der Waals surface area contributed by atoms with Gasteiger partial charge in [-0.05, 0) is 43.1 Å². The summed E-state index contributed by atoms with van der Waals surface area (Å²) in [5.41, 5.74) is 0.743. The van der Waals surface area contributed by atoms with E-state index in [9.17, 15) is 14.7 Å². The fourth-order valence-electron chi connectivity index (χ4n) is 5.31. The molecule has 2 heterocycles. The smallest absolute Gasteiger partial charge is 0.311 e. The maximum absolute atomic E-state index is 12.2. The number of aliphatic carboxylic acids is 1. The Morgan fingerprint density at radius 1 is 1.23 bits per heavy atom. The first-order valence-electron chi connectivity index (χ1n) is 9.87. The van der Waals surface area contributed by atoms with E-state index < -0.39 is 11.4 Å². The number of likely N-dealkylation sites (tertiary alicyclic amines) is 2. The topological polar surface area (TPSA) is 60.9 Å². The van der Waals surface area contributed by atoms with E-state index in [0.717, 1.165) is 51.9 Å². The minimum Gasteiger partial charge on any atom is -0.481 e. The zero-order valence-corrected chi connectivity index (χ0v) is 15.3. The molecule has 0 bridgehead atoms. The minimum absolute atomic E-state index is 0.202. The molecule has 1 N–H and O–H groups in total. The Morgan fingerprint density at radius 2 is 2.04 bits per heavy atom. The van der Waals surface area contributed by atoms with Crippen LogP contribution in [0.2, 0.25) is 0 Å². The lowest BCUT2D eigenvalue weighted by molar-refractivity contribution is -0.152. The highest BCUT2D eigenvalue weighted by Crippen LogP contribution is 2.51. The van der Waals surface area contributed by atoms with E-state index in [1.54, 1.807) is 0 Å². The Bertz CT molecular complexity index is 677. The van der Waals surface area contributed by atoms with Crippen LogP contribution in [0, 0.1) is 11.3 Å². The predicted octanol–water partition coefficient (Wildman–Crippen LogP) is 2.58. The molecule has 1 aliphatic carbocycles. The molecule has 0 radical (unpaired) electrons. The maximum atomic E-state index is 12.2. The van der Waals surface area contributed by atoms with Gasteiger partial charge in [-0.15, -0.1) is 0 Å². The molecule has 3 aliphatic rings. The zero-order valence-electron chi connectivity index (χ0n) is 15.3. The molecule has 2 aliphatic heterocycles. The van der Waals surface area contributed by atoms with Crippen LogP contribution >= 0.6 is 0 Å². The second kappa shape index (κ2) is 7.03. The SMILES string of the molecule is O=C1CCCN1CCN1C[C@H]2C[C@H](c3ccccc3)CC[C@@]2(C(=O)O)C1. The van der Waals surface area contributed by atoms with Crippen molar-refractivity contribution in [3.05, 3.63) is 35.9 Å². The molecule has 26 heavy (non-hydrogen) atoms. The Balaban J connectivity index is 1.43. The summed E-state index contributed by atoms with van der Waals surface area (Å²) in [7, 11) is 0. The van der Waals surface area contributed by atoms with Gasteiger partial charge in [-0.25, -0.2) is 0 Å². The van der Waals surface area contributed by atoms with E-state index in [2.05, 4.69) is 29.2 Å². The number of carboxylic acid groups (broad SMARTS) is 1. The van der Waals surface area contributed by atoms with Gasteiger partial charge in [0.15, 0.2) is 0 Å². The highest BCUT2D eigenvalue weighted by molar-refractivity contribution is 5.78. The zero-order chi connectivity index (χ0) is 18.1. The molecule has 3 atom stereocenters. The summed E-state index contributed by atoms with van der Waals surface area (Å²) < 4.78 is 0. The number of amides is 1. The highest BCUT2D eigenvalue weighted by Gasteiger charge is 2.54. The molecule has 0 spiro atoms. The van der Waals surface area contributed by atoms with E-state index in [4.69, 9.17) is 0 Å². The lowest BCUT2D eigenvalue weighted by atomic mass is 9.64. The summed E-state index contributed by atoms with van der Waals surface area (Å²) in [6.45, 7) is 3.88. The molecule has 5 heteroatoms. The molecule has 1 amide bonds. The van der Waals surface area contributed by atoms with Crippen LogP contribution in [-0.4, -0.2) is 59.5 Å². The average molecular weight is 356 g/mol. The Hall–Kier alpha value is -1.88. The predicted molar refractivity (Wildman–Crippen MR) is 98.8 cm³/mol. The van der Waals surface area contributed by atoms with Crippen molar-refractivity contribution in [2.45, 2.75) is 38.0 Å². The van der Waals surface area contributed by atoms with E-state index >= 15 is 0 Å². The fraction of sp³-hybridized carbons (Fsp3) is 0.619. The molecule has 5 nitrogen and oxygen atoms in total. The van der Waals surface area contributed by atoms with Crippen LogP contribution in [0.15, 0.2) is 30.3 Å². The number of carbonyl (C=O) groups excluding carboxylic acids is 1. The van der Waals surface area contributed by atoms with Crippen molar-refractivity contribution >= 4 is 11.9 Å². The van der Waals surface area contributed by atoms with E-state index in [-0.39, 0.29) is 11.8 Å². The Kier molecular flexibility index (Phi) is 4.74. The van der Waals surface area contributed by atoms with Gasteiger partial charge in [-0.1, -0.05) is 30.3 Å². The van der Waals surface area contributed by atoms with Gasteiger partial charge in [0.25, 0.3) is 0 Å². The Morgan fingerprint density at radius 3 is 2.73 bits per heavy atom. The van der Waals surface area contributed by atoms with Crippen LogP contribution in [0.4, 0.5) is 0 Å². The largest absolute Gasteiger partial charge is 0.481 e. The summed E-state index contributed by atoms with van der Waals surface area (Å²) in [6.07, 6.45) is 4.28. The van der Waals surface area contributed by atoms with Gasteiger partial charge < -0.3 is 14.9 Å². The number of carbonyl (C=O) groups is 2. The molecule has 1 aromatic rings. The summed E-state index contributed by atoms with van der Waals surface area (Å²) in [4.78, 5) is 28.2. The van der Waals surface area contributed by atoms with Gasteiger partial charge in [0.05, 0.1) is 5.41 Å². The maximum Gasteiger partial charge on any atom is 0.311 e. The molecule has 140 valence electrons. The third kappa shape index (κ3) is 3.13. The molecule has 2 saturated heterocycles. The first kappa shape index (κ1) is 17.5. The van der Waals surface area contributed by atoms with Gasteiger partial charge in [0, 0.05) is 39.1 Å². The lowest BCUT2D eigenvalue weighted by Gasteiger charge is -2.38. The average Bonchev–Trinajstić information content (AvgIpc) is 3.23. The quantitative estimate of drug-likeness (QED) is 0.881. The van der Waals surface area contributed by atoms with Crippen molar-refractivity contribution in [1.82, 2.24) is 9.80 Å². The van der Waals surface area contributed by atoms with Crippen molar-refractivity contribution in [3.8, 4) is 0 Å². The molecule has 3 fully saturated rings. The molecule has 4 rings (SSSR count). The third-order valence-corrected chi connectivity index (χ3v) is 6.83. The fourth-order valence-corrected chi connectivity index (χ4v) is 5.31. The lowest BCUT2D eigenvalue weighted by Crippen LogP contribution is -2.43. The van der Waals surface area contributed by atoms with E-state index in [1.807, 2.05) is 11.0 Å². The summed E-state index contributed by atoms with van der Waals surface area (Å²) in [5.74, 6) is 0.287. The summed E-state index contributed by atoms with van der Waals surface area (Å²) in [5, 5.41) is 10.0. The number of nitrogens with zero attached hydrogens (tertiary/aromatic N) is 2. The molecular formula is C21H28N2O3. The van der Waals surface area contributed by atoms with Crippen molar-refractivity contribution in [1.29, 1.82) is 0 Å². The van der Waals surface area contributed by atoms with Crippen LogP contribution in [0.1, 0.15) is 43.6 Å². The molecular weight excluding hydrogens is 328 g/mol. The molecule has 1 saturated carbocycles. The van der Waals surface area contributed by atoms with Gasteiger partial charge >= 0.3 is 5.97 Å². The normalized spacial score (nSPS) is 32.0. The number of fused-ring (bicyclic) bond motifs is 1. The molecule has 0 aromatic heterocycles. The van der Waals surface area contributed by atoms with Crippen molar-refractivity contribution in [2.24, 2.45) is 11.3 Å². The second-order valence-electron chi connectivity index (χ2n) is 8.26. The van der Waals surface area contributed by atoms with Crippen molar-refractivity contribution in [3.63, 3.8) is 0 Å². The number of hydrogen-bond donors (Lipinski definition) is 1. The molecule has 0 unspecified atom stereocenters. The van der Waals surface area contributed by atoms with Crippen molar-refractivity contribution < 1.29 is 14.7 Å². The third-order valence-electron chi connectivity index (χ3n) is 6.83. The standard InChI is InChI=1S/C21H28N2O3/c24-19-7-4-10-23(19)12-11-22-14-18-13-17(16-5-2-1-3-6-16)8-9-21(18,15-22)20(25)26/h1-3,5-6,17-18H,4,7-15H2,(H,25,26)/t17-,18-,21-/m1/s1. The highest BCUT2D eigenvalue weighted by atomic mass is 16.4. The van der Waals surface area contributed by atoms with Crippen LogP contribution < -0.4 is 0 Å². The molecule has 1 aromatic carbocycles. The van der Waals surface area contributed by atoms with Gasteiger partial charge in [-0.3, -0.25) is 9.59 Å². The monoisotopic (exact) mass is 356 g/mol. The van der Waals surface area contributed by atoms with Crippen LogP contribution in [0.25, 0.3) is 0 Å². The van der Waals surface area contributed by atoms with E-state index in [1.165, 1.54) is 5.56 Å².